The van der Waals surface area contributed by atoms with Crippen LogP contribution in [0, 0.1) is 47.1 Å². The van der Waals surface area contributed by atoms with Crippen molar-refractivity contribution in [1.29, 1.82) is 0 Å². The van der Waals surface area contributed by atoms with Gasteiger partial charge in [-0.15, -0.1) is 15.3 Å². The van der Waals surface area contributed by atoms with Crippen LogP contribution in [0.1, 0.15) is 134 Å². The van der Waals surface area contributed by atoms with Gasteiger partial charge in [-0.25, -0.2) is 22.8 Å². The molecule has 36 nitrogen and oxygen atoms in total. The summed E-state index contributed by atoms with van der Waals surface area (Å²) in [5.41, 5.74) is 9.55. The number of hydrogen-bond donors (Lipinski definition) is 3. The second-order valence-electron chi connectivity index (χ2n) is 32.9. The van der Waals surface area contributed by atoms with Crippen LogP contribution < -0.4 is 87.0 Å². The molecule has 39 heteroatoms. The van der Waals surface area contributed by atoms with E-state index < -0.39 is 89.1 Å². The molecule has 0 unspecified atom stereocenters. The number of ether oxygens (including phenoxy) is 18. The van der Waals surface area contributed by atoms with Gasteiger partial charge in [0.05, 0.1) is 158 Å². The van der Waals surface area contributed by atoms with Crippen LogP contribution in [0.25, 0.3) is 0 Å². The lowest BCUT2D eigenvalue weighted by Crippen LogP contribution is -2.43. The van der Waals surface area contributed by atoms with E-state index in [0.717, 1.165) is 61.2 Å². The molecule has 3 fully saturated rings. The lowest BCUT2D eigenvalue weighted by atomic mass is 9.65. The van der Waals surface area contributed by atoms with Crippen molar-refractivity contribution >= 4 is 47.2 Å². The zero-order chi connectivity index (χ0) is 93.7. The zero-order valence-electron chi connectivity index (χ0n) is 73.8. The Morgan fingerprint density at radius 1 is 0.356 bits per heavy atom. The SMILES string of the molecule is COc1cc([C@@H]2c3cc4c(cc3[C@@H](NC(=O)c3cn(Cc5ccc(Cl)cc5)nn3)[C@H]3COC(=O)[C@H]23)OCO4)cc(OC)c1OC.COc1cc([C@@H]2c3cc4c(cc3[C@@H](NC(=O)c3cn(Cc5ccc(F)cc5)nn3)[C@H]3COC(=O)[C@H]23)OCO4)cc(OC)c1OC.COc1cc([C@@H]2c3cc4c(cc3[C@@H](NC(=O)c3cn(Cc5cccc(F)c5)nn3)[C@H]3COC(=O)[C@H]23)OCO4)cc(OC)c1OC. The van der Waals surface area contributed by atoms with E-state index in [1.54, 1.807) is 47.3 Å². The minimum absolute atomic E-state index is 0.0490. The molecule has 0 saturated carbocycles. The third kappa shape index (κ3) is 16.9. The van der Waals surface area contributed by atoms with Crippen LogP contribution in [0.2, 0.25) is 5.02 Å². The van der Waals surface area contributed by atoms with Gasteiger partial charge in [0.15, 0.2) is 86.1 Å². The summed E-state index contributed by atoms with van der Waals surface area (Å²) in [5, 5.41) is 34.5. The molecular formula is C96H87ClF2N12O24. The molecule has 3 saturated heterocycles. The van der Waals surface area contributed by atoms with Gasteiger partial charge in [0.1, 0.15) is 11.6 Å². The normalized spacial score (nSPS) is 21.0. The number of nitrogens with zero attached hydrogens (tertiary/aromatic N) is 9. The minimum Gasteiger partial charge on any atom is -0.493 e. The molecule has 9 heterocycles. The Hall–Kier alpha value is -15.6. The summed E-state index contributed by atoms with van der Waals surface area (Å²) >= 11 is 6.00. The topological polar surface area (TPSA) is 397 Å². The lowest BCUT2D eigenvalue weighted by molar-refractivity contribution is -0.142. The van der Waals surface area contributed by atoms with E-state index in [1.807, 2.05) is 84.9 Å². The van der Waals surface area contributed by atoms with Gasteiger partial charge in [0.25, 0.3) is 17.7 Å². The standard InChI is InChI=1S/C32H29ClN4O8.2C32H29FN4O8/c2*1-40-25-8-17(9-26(41-2)30(25)42-3)27-19-10-23-24(45-15-44-23)11-20(19)29(21-14-43-32(39)28(21)27)34-31(38)22-13-37(36-35-22)12-16-4-6-18(33)7-5-16;1-40-25-8-17(9-26(41-2)30(25)42-3)27-19-10-23-24(45-15-44-23)11-20(19)29(21-14-43-32(39)28(21)27)34-31(38)22-13-37(36-35-22)12-16-5-4-6-18(33)7-16/h3*4-11,13,21,27-29H,12,14-15H2,1-3H3,(H,34,38)/t3*21-,27+,28-,29+/m000/s1. The molecule has 12 atom stereocenters. The first-order valence-electron chi connectivity index (χ1n) is 42.7. The summed E-state index contributed by atoms with van der Waals surface area (Å²) in [4.78, 5) is 81.2. The van der Waals surface area contributed by atoms with Gasteiger partial charge in [-0.2, -0.15) is 0 Å². The van der Waals surface area contributed by atoms with Crippen LogP contribution in [-0.4, -0.2) is 185 Å². The number of carbonyl (C=O) groups is 6. The molecule has 9 aliphatic rings. The largest absolute Gasteiger partial charge is 0.493 e. The molecule has 9 aromatic carbocycles. The maximum atomic E-state index is 13.7. The van der Waals surface area contributed by atoms with Crippen LogP contribution >= 0.6 is 11.6 Å². The number of carbonyl (C=O) groups excluding carboxylic acids is 6. The number of nitrogens with one attached hydrogen (secondary N) is 3. The maximum absolute atomic E-state index is 13.7. The van der Waals surface area contributed by atoms with E-state index in [2.05, 4.69) is 46.9 Å². The zero-order valence-corrected chi connectivity index (χ0v) is 74.6. The number of hydrogen-bond acceptors (Lipinski definition) is 30. The van der Waals surface area contributed by atoms with Gasteiger partial charge < -0.3 is 101 Å². The monoisotopic (exact) mass is 1860 g/mol. The van der Waals surface area contributed by atoms with E-state index in [-0.39, 0.29) is 93.4 Å². The molecule has 3 N–H and O–H groups in total. The first-order chi connectivity index (χ1) is 65.6. The van der Waals surface area contributed by atoms with E-state index >= 15 is 0 Å². The van der Waals surface area contributed by atoms with E-state index in [0.29, 0.717) is 110 Å². The van der Waals surface area contributed by atoms with Crippen molar-refractivity contribution in [1.82, 2.24) is 60.9 Å². The Balaban J connectivity index is 0.000000130. The number of amides is 3. The highest BCUT2D eigenvalue weighted by Crippen LogP contribution is 2.60. The molecular weight excluding hydrogens is 1780 g/mol. The van der Waals surface area contributed by atoms with E-state index in [9.17, 15) is 37.5 Å². The average molecular weight is 1870 g/mol. The second kappa shape index (κ2) is 37.2. The molecule has 3 amide bonds. The molecule has 0 bridgehead atoms. The fraction of sp³-hybridized carbons (Fsp3) is 0.312. The fourth-order valence-corrected chi connectivity index (χ4v) is 19.7. The number of rotatable bonds is 24. The van der Waals surface area contributed by atoms with Crippen molar-refractivity contribution < 1.29 is 123 Å². The summed E-state index contributed by atoms with van der Waals surface area (Å²) in [5.74, 6) is -0.730. The number of benzene rings is 9. The second-order valence-corrected chi connectivity index (χ2v) is 33.3. The van der Waals surface area contributed by atoms with Gasteiger partial charge >= 0.3 is 17.9 Å². The molecule has 12 aromatic rings. The Morgan fingerprint density at radius 3 is 0.933 bits per heavy atom. The smallest absolute Gasteiger partial charge is 0.310 e. The quantitative estimate of drug-likeness (QED) is 0.0373. The van der Waals surface area contributed by atoms with Crippen LogP contribution in [0.4, 0.5) is 8.78 Å². The van der Waals surface area contributed by atoms with E-state index in [4.69, 9.17) is 96.9 Å². The number of methoxy groups -OCH3 is 9. The Bertz CT molecular complexity index is 6300. The molecule has 3 aliphatic carbocycles. The first kappa shape index (κ1) is 88.6. The molecule has 0 radical (unpaired) electrons. The van der Waals surface area contributed by atoms with Crippen molar-refractivity contribution in [3.63, 3.8) is 0 Å². The average Bonchev–Trinajstić information content (AvgIpc) is 1.69. The molecule has 3 aromatic heterocycles. The molecule has 696 valence electrons. The molecule has 135 heavy (non-hydrogen) atoms. The third-order valence-electron chi connectivity index (χ3n) is 25.6. The summed E-state index contributed by atoms with van der Waals surface area (Å²) < 4.78 is 133. The summed E-state index contributed by atoms with van der Waals surface area (Å²) in [6.45, 7) is 1.43. The molecule has 21 rings (SSSR count). The highest BCUT2D eigenvalue weighted by molar-refractivity contribution is 6.30. The lowest BCUT2D eigenvalue weighted by Gasteiger charge is -2.39. The number of fused-ring (bicyclic) bond motifs is 9. The summed E-state index contributed by atoms with van der Waals surface area (Å²) in [6, 6.07) is 39.7. The van der Waals surface area contributed by atoms with Crippen LogP contribution in [0.5, 0.6) is 86.2 Å². The third-order valence-corrected chi connectivity index (χ3v) is 25.9. The van der Waals surface area contributed by atoms with Gasteiger partial charge in [-0.1, -0.05) is 63.6 Å². The number of cyclic esters (lactones) is 3. The predicted octanol–water partition coefficient (Wildman–Crippen LogP) is 11.4. The first-order valence-corrected chi connectivity index (χ1v) is 43.1. The minimum atomic E-state index is -0.658. The van der Waals surface area contributed by atoms with Gasteiger partial charge in [-0.3, -0.25) is 28.8 Å². The molecule has 6 aliphatic heterocycles. The van der Waals surface area contributed by atoms with Crippen molar-refractivity contribution in [2.75, 3.05) is 104 Å². The van der Waals surface area contributed by atoms with E-state index in [1.165, 1.54) is 110 Å². The van der Waals surface area contributed by atoms with Crippen molar-refractivity contribution in [2.45, 2.75) is 55.5 Å². The van der Waals surface area contributed by atoms with Gasteiger partial charge in [0.2, 0.25) is 37.6 Å². The fourth-order valence-electron chi connectivity index (χ4n) is 19.5. The van der Waals surface area contributed by atoms with Crippen LogP contribution in [0.3, 0.4) is 0 Å². The Labute approximate surface area is 773 Å². The summed E-state index contributed by atoms with van der Waals surface area (Å²) in [7, 11) is 13.8. The Kier molecular flexibility index (Phi) is 24.4. The van der Waals surface area contributed by atoms with Gasteiger partial charge in [-0.05, 0) is 176 Å². The van der Waals surface area contributed by atoms with Crippen molar-refractivity contribution in [3.05, 3.63) is 265 Å². The molecule has 0 spiro atoms. The predicted molar refractivity (Wildman–Crippen MR) is 468 cm³/mol. The maximum Gasteiger partial charge on any atom is 0.310 e. The van der Waals surface area contributed by atoms with Crippen LogP contribution in [-0.2, 0) is 48.2 Å². The number of halogens is 3. The van der Waals surface area contributed by atoms with Gasteiger partial charge in [0, 0.05) is 40.5 Å². The number of esters is 3. The number of aromatic nitrogens is 9. The van der Waals surface area contributed by atoms with Crippen molar-refractivity contribution in [3.8, 4) is 86.2 Å². The Morgan fingerprint density at radius 2 is 0.644 bits per heavy atom. The highest BCUT2D eigenvalue weighted by atomic mass is 35.5. The summed E-state index contributed by atoms with van der Waals surface area (Å²) in [6.07, 6.45) is 4.60. The van der Waals surface area contributed by atoms with Crippen molar-refractivity contribution in [2.24, 2.45) is 35.5 Å². The highest BCUT2D eigenvalue weighted by Gasteiger charge is 2.57. The van der Waals surface area contributed by atoms with Crippen LogP contribution in [0.15, 0.2) is 164 Å².